The molecule has 3 aromatic rings. The van der Waals surface area contributed by atoms with Crippen molar-refractivity contribution < 1.29 is 14.3 Å². The summed E-state index contributed by atoms with van der Waals surface area (Å²) in [6.45, 7) is 0.915. The summed E-state index contributed by atoms with van der Waals surface area (Å²) in [6, 6.07) is 17.0. The molecule has 4 rings (SSSR count). The number of methoxy groups -OCH3 is 1. The quantitative estimate of drug-likeness (QED) is 0.574. The molecule has 0 unspecified atom stereocenters. The summed E-state index contributed by atoms with van der Waals surface area (Å²) in [4.78, 5) is 28.7. The number of hydrogen-bond donors (Lipinski definition) is 2. The predicted molar refractivity (Wildman–Crippen MR) is 121 cm³/mol. The second-order valence-corrected chi connectivity index (χ2v) is 8.62. The molecule has 2 N–H and O–H groups in total. The molecule has 0 spiro atoms. The van der Waals surface area contributed by atoms with E-state index in [2.05, 4.69) is 39.3 Å². The Morgan fingerprint density at radius 2 is 1.97 bits per heavy atom. The van der Waals surface area contributed by atoms with E-state index in [1.54, 1.807) is 23.5 Å². The number of carbonyl (C=O) groups is 2. The van der Waals surface area contributed by atoms with E-state index in [1.165, 1.54) is 23.6 Å². The van der Waals surface area contributed by atoms with Crippen molar-refractivity contribution in [3.63, 3.8) is 0 Å². The Balaban J connectivity index is 1.44. The number of nitrogens with one attached hydrogen (secondary N) is 2. The van der Waals surface area contributed by atoms with E-state index in [9.17, 15) is 9.59 Å². The van der Waals surface area contributed by atoms with Crippen molar-refractivity contribution in [2.24, 2.45) is 0 Å². The van der Waals surface area contributed by atoms with Crippen molar-refractivity contribution >= 4 is 34.8 Å². The highest BCUT2D eigenvalue weighted by atomic mass is 35.5. The number of halogens is 1. The minimum absolute atomic E-state index is 0.00526. The van der Waals surface area contributed by atoms with Gasteiger partial charge >= 0.3 is 0 Å². The van der Waals surface area contributed by atoms with Crippen LogP contribution in [-0.2, 0) is 11.2 Å². The lowest BCUT2D eigenvalue weighted by atomic mass is 9.93. The molecule has 1 aliphatic heterocycles. The van der Waals surface area contributed by atoms with Crippen molar-refractivity contribution in [3.8, 4) is 5.75 Å². The van der Waals surface area contributed by atoms with Gasteiger partial charge in [-0.25, -0.2) is 0 Å². The second-order valence-electron chi connectivity index (χ2n) is 7.18. The summed E-state index contributed by atoms with van der Waals surface area (Å²) in [5.74, 6) is -0.415. The third-order valence-electron chi connectivity index (χ3n) is 5.25. The number of fused-ring (bicyclic) bond motifs is 1. The maximum Gasteiger partial charge on any atom is 0.273 e. The molecule has 0 radical (unpaired) electrons. The number of carbonyl (C=O) groups excluding carboxylic acids is 2. The fourth-order valence-corrected chi connectivity index (χ4v) is 4.92. The molecule has 8 heteroatoms. The van der Waals surface area contributed by atoms with Crippen LogP contribution in [0.2, 0.25) is 5.02 Å². The highest BCUT2D eigenvalue weighted by molar-refractivity contribution is 7.10. The van der Waals surface area contributed by atoms with Crippen LogP contribution in [0.15, 0.2) is 60.0 Å². The zero-order chi connectivity index (χ0) is 21.8. The standard InChI is InChI=1S/C23H22ClN3O3S/c1-30-19-8-7-16(24)13-18(19)23(29)26-25-21(28)14-27-11-9-20-17(10-12-31-20)22(27)15-5-3-2-4-6-15/h2-8,10,12-13,22H,9,11,14H2,1H3,(H,25,28)(H,26,29)/t22-/m0/s1. The molecule has 31 heavy (non-hydrogen) atoms. The number of nitrogens with zero attached hydrogens (tertiary/aromatic N) is 1. The van der Waals surface area contributed by atoms with E-state index in [0.717, 1.165) is 18.5 Å². The zero-order valence-corrected chi connectivity index (χ0v) is 18.5. The first-order valence-corrected chi connectivity index (χ1v) is 11.1. The highest BCUT2D eigenvalue weighted by Crippen LogP contribution is 2.37. The number of hydrogen-bond acceptors (Lipinski definition) is 5. The third kappa shape index (κ3) is 4.74. The van der Waals surface area contributed by atoms with Gasteiger partial charge < -0.3 is 4.74 Å². The molecule has 2 amide bonds. The van der Waals surface area contributed by atoms with E-state index in [1.807, 2.05) is 18.2 Å². The van der Waals surface area contributed by atoms with E-state index >= 15 is 0 Å². The molecule has 0 saturated heterocycles. The summed E-state index contributed by atoms with van der Waals surface area (Å²) >= 11 is 7.74. The molecule has 2 aromatic carbocycles. The van der Waals surface area contributed by atoms with Crippen LogP contribution in [0, 0.1) is 0 Å². The maximum atomic E-state index is 12.7. The Morgan fingerprint density at radius 3 is 2.74 bits per heavy atom. The van der Waals surface area contributed by atoms with Crippen molar-refractivity contribution in [3.05, 3.63) is 86.6 Å². The van der Waals surface area contributed by atoms with Gasteiger partial charge in [-0.1, -0.05) is 41.9 Å². The van der Waals surface area contributed by atoms with Crippen LogP contribution in [-0.4, -0.2) is 36.9 Å². The summed E-state index contributed by atoms with van der Waals surface area (Å²) in [6.07, 6.45) is 0.898. The number of ether oxygens (including phenoxy) is 1. The van der Waals surface area contributed by atoms with E-state index in [-0.39, 0.29) is 24.1 Å². The van der Waals surface area contributed by atoms with Gasteiger partial charge in [0.25, 0.3) is 11.8 Å². The molecule has 0 aliphatic carbocycles. The van der Waals surface area contributed by atoms with Gasteiger partial charge in [0, 0.05) is 16.4 Å². The Bertz CT molecular complexity index is 1090. The Morgan fingerprint density at radius 1 is 1.16 bits per heavy atom. The molecule has 2 heterocycles. The van der Waals surface area contributed by atoms with E-state index in [4.69, 9.17) is 16.3 Å². The van der Waals surface area contributed by atoms with Crippen LogP contribution in [0.4, 0.5) is 0 Å². The Kier molecular flexibility index (Phi) is 6.56. The van der Waals surface area contributed by atoms with Gasteiger partial charge in [-0.05, 0) is 47.2 Å². The third-order valence-corrected chi connectivity index (χ3v) is 6.48. The smallest absolute Gasteiger partial charge is 0.273 e. The number of amides is 2. The first kappa shape index (κ1) is 21.4. The molecule has 1 aromatic heterocycles. The first-order chi connectivity index (χ1) is 15.1. The summed E-state index contributed by atoms with van der Waals surface area (Å²) in [5, 5.41) is 2.51. The number of benzene rings is 2. The highest BCUT2D eigenvalue weighted by Gasteiger charge is 2.30. The van der Waals surface area contributed by atoms with Crippen LogP contribution in [0.3, 0.4) is 0 Å². The zero-order valence-electron chi connectivity index (χ0n) is 16.9. The normalized spacial score (nSPS) is 15.7. The van der Waals surface area contributed by atoms with Crippen molar-refractivity contribution in [1.82, 2.24) is 15.8 Å². The summed E-state index contributed by atoms with van der Waals surface area (Å²) in [5.41, 5.74) is 7.60. The molecule has 1 aliphatic rings. The monoisotopic (exact) mass is 455 g/mol. The van der Waals surface area contributed by atoms with E-state index in [0.29, 0.717) is 10.8 Å². The molecule has 6 nitrogen and oxygen atoms in total. The van der Waals surface area contributed by atoms with Crippen molar-refractivity contribution in [2.75, 3.05) is 20.2 Å². The predicted octanol–water partition coefficient (Wildman–Crippen LogP) is 3.82. The molecule has 0 fully saturated rings. The number of hydrazine groups is 1. The van der Waals surface area contributed by atoms with Crippen LogP contribution >= 0.6 is 22.9 Å². The van der Waals surface area contributed by atoms with Gasteiger partial charge in [-0.2, -0.15) is 0 Å². The Labute approximate surface area is 189 Å². The maximum absolute atomic E-state index is 12.7. The van der Waals surface area contributed by atoms with Gasteiger partial charge in [0.15, 0.2) is 0 Å². The first-order valence-electron chi connectivity index (χ1n) is 9.85. The van der Waals surface area contributed by atoms with Crippen molar-refractivity contribution in [2.45, 2.75) is 12.5 Å². The lowest BCUT2D eigenvalue weighted by Crippen LogP contribution is -2.48. The Hall–Kier alpha value is -2.87. The van der Waals surface area contributed by atoms with E-state index < -0.39 is 5.91 Å². The van der Waals surface area contributed by atoms with Crippen LogP contribution < -0.4 is 15.6 Å². The molecular weight excluding hydrogens is 434 g/mol. The fraction of sp³-hybridized carbons (Fsp3) is 0.217. The van der Waals surface area contributed by atoms with Crippen molar-refractivity contribution in [1.29, 1.82) is 0 Å². The van der Waals surface area contributed by atoms with Gasteiger partial charge in [0.2, 0.25) is 0 Å². The van der Waals surface area contributed by atoms with Gasteiger partial charge in [-0.15, -0.1) is 11.3 Å². The molecule has 160 valence electrons. The summed E-state index contributed by atoms with van der Waals surface area (Å²) < 4.78 is 5.20. The van der Waals surface area contributed by atoms with Gasteiger partial charge in [-0.3, -0.25) is 25.3 Å². The lowest BCUT2D eigenvalue weighted by Gasteiger charge is -2.35. The summed E-state index contributed by atoms with van der Waals surface area (Å²) in [7, 11) is 1.47. The number of rotatable bonds is 5. The topological polar surface area (TPSA) is 70.7 Å². The minimum Gasteiger partial charge on any atom is -0.496 e. The lowest BCUT2D eigenvalue weighted by molar-refractivity contribution is -0.123. The van der Waals surface area contributed by atoms with Crippen LogP contribution in [0.5, 0.6) is 5.75 Å². The van der Waals surface area contributed by atoms with Crippen LogP contribution in [0.1, 0.15) is 32.4 Å². The molecular formula is C23H22ClN3O3S. The molecule has 0 saturated carbocycles. The number of thiophene rings is 1. The second kappa shape index (κ2) is 9.51. The largest absolute Gasteiger partial charge is 0.496 e. The molecule has 0 bridgehead atoms. The minimum atomic E-state index is -0.494. The van der Waals surface area contributed by atoms with Gasteiger partial charge in [0.1, 0.15) is 5.75 Å². The fourth-order valence-electron chi connectivity index (χ4n) is 3.84. The average molecular weight is 456 g/mol. The SMILES string of the molecule is COc1ccc(Cl)cc1C(=O)NNC(=O)CN1CCc2sccc2[C@@H]1c1ccccc1. The van der Waals surface area contributed by atoms with Crippen LogP contribution in [0.25, 0.3) is 0 Å². The average Bonchev–Trinajstić information content (AvgIpc) is 3.26. The van der Waals surface area contributed by atoms with Gasteiger partial charge in [0.05, 0.1) is 25.3 Å². The molecule has 1 atom stereocenters.